The quantitative estimate of drug-likeness (QED) is 0.753. The fourth-order valence-corrected chi connectivity index (χ4v) is 2.85. The van der Waals surface area contributed by atoms with Crippen LogP contribution >= 0.6 is 0 Å². The second-order valence-electron chi connectivity index (χ2n) is 5.67. The lowest BCUT2D eigenvalue weighted by molar-refractivity contribution is -0.148. The third-order valence-corrected chi connectivity index (χ3v) is 4.56. The molecule has 0 heterocycles. The molecule has 0 saturated heterocycles. The second kappa shape index (κ2) is 6.02. The monoisotopic (exact) mass is 255 g/mol. The molecule has 0 aromatic carbocycles. The van der Waals surface area contributed by atoms with Crippen molar-refractivity contribution in [3.05, 3.63) is 0 Å². The summed E-state index contributed by atoms with van der Waals surface area (Å²) < 4.78 is 5.53. The van der Waals surface area contributed by atoms with Crippen molar-refractivity contribution >= 4 is 5.91 Å². The Hall–Kier alpha value is -0.610. The molecule has 0 radical (unpaired) electrons. The summed E-state index contributed by atoms with van der Waals surface area (Å²) >= 11 is 0. The molecule has 0 atom stereocenters. The molecule has 1 amide bonds. The van der Waals surface area contributed by atoms with E-state index in [0.717, 1.165) is 25.7 Å². The molecule has 2 aliphatic carbocycles. The molecule has 4 heteroatoms. The van der Waals surface area contributed by atoms with E-state index in [0.29, 0.717) is 25.4 Å². The molecular formula is C14H25NO3. The van der Waals surface area contributed by atoms with Gasteiger partial charge in [-0.2, -0.15) is 0 Å². The average Bonchev–Trinajstić information content (AvgIpc) is 2.26. The second-order valence-corrected chi connectivity index (χ2v) is 5.67. The van der Waals surface area contributed by atoms with E-state index in [1.165, 1.54) is 12.8 Å². The van der Waals surface area contributed by atoms with Crippen LogP contribution in [0, 0.1) is 0 Å². The Morgan fingerprint density at radius 1 is 1.39 bits per heavy atom. The van der Waals surface area contributed by atoms with Crippen LogP contribution in [0.2, 0.25) is 0 Å². The first-order chi connectivity index (χ1) is 8.71. The lowest BCUT2D eigenvalue weighted by Gasteiger charge is -2.43. The zero-order valence-corrected chi connectivity index (χ0v) is 11.4. The van der Waals surface area contributed by atoms with Crippen molar-refractivity contribution in [1.29, 1.82) is 0 Å². The number of aliphatic hydroxyl groups is 1. The molecule has 0 aromatic rings. The van der Waals surface area contributed by atoms with Crippen molar-refractivity contribution in [2.45, 2.75) is 63.0 Å². The third-order valence-electron chi connectivity index (χ3n) is 4.56. The molecule has 4 nitrogen and oxygen atoms in total. The van der Waals surface area contributed by atoms with Gasteiger partial charge in [0.25, 0.3) is 0 Å². The van der Waals surface area contributed by atoms with Crippen LogP contribution in [-0.2, 0) is 9.53 Å². The number of nitrogens with zero attached hydrogens (tertiary/aromatic N) is 1. The van der Waals surface area contributed by atoms with Gasteiger partial charge in [0.05, 0.1) is 12.0 Å². The van der Waals surface area contributed by atoms with Gasteiger partial charge in [-0.15, -0.1) is 0 Å². The lowest BCUT2D eigenvalue weighted by Crippen LogP contribution is -2.50. The topological polar surface area (TPSA) is 49.8 Å². The van der Waals surface area contributed by atoms with Gasteiger partial charge in [-0.25, -0.2) is 0 Å². The molecule has 104 valence electrons. The number of methoxy groups -OCH3 is 1. The van der Waals surface area contributed by atoms with E-state index in [4.69, 9.17) is 9.84 Å². The summed E-state index contributed by atoms with van der Waals surface area (Å²) in [6.45, 7) is 0.853. The van der Waals surface area contributed by atoms with E-state index in [9.17, 15) is 4.79 Å². The van der Waals surface area contributed by atoms with E-state index in [1.807, 2.05) is 4.90 Å². The molecule has 0 aromatic heterocycles. The number of amides is 1. The molecule has 2 saturated carbocycles. The minimum Gasteiger partial charge on any atom is -0.396 e. The highest BCUT2D eigenvalue weighted by Crippen LogP contribution is 2.39. The Balaban J connectivity index is 1.89. The molecular weight excluding hydrogens is 230 g/mol. The zero-order chi connectivity index (χ0) is 13.0. The number of rotatable bonds is 7. The van der Waals surface area contributed by atoms with Gasteiger partial charge in [0.15, 0.2) is 0 Å². The maximum absolute atomic E-state index is 12.4. The molecule has 2 rings (SSSR count). The maximum atomic E-state index is 12.4. The Bertz CT molecular complexity index is 279. The van der Waals surface area contributed by atoms with Gasteiger partial charge in [0.2, 0.25) is 5.91 Å². The van der Waals surface area contributed by atoms with E-state index in [-0.39, 0.29) is 18.1 Å². The molecule has 0 aliphatic heterocycles. The average molecular weight is 255 g/mol. The van der Waals surface area contributed by atoms with Crippen LogP contribution in [0.25, 0.3) is 0 Å². The first-order valence-corrected chi connectivity index (χ1v) is 7.16. The van der Waals surface area contributed by atoms with Crippen LogP contribution < -0.4 is 0 Å². The lowest BCUT2D eigenvalue weighted by atomic mass is 9.77. The van der Waals surface area contributed by atoms with E-state index in [2.05, 4.69) is 0 Å². The van der Waals surface area contributed by atoms with Gasteiger partial charge in [-0.3, -0.25) is 4.79 Å². The number of hydrogen-bond acceptors (Lipinski definition) is 3. The fourth-order valence-electron chi connectivity index (χ4n) is 2.85. The predicted octanol–water partition coefficient (Wildman–Crippen LogP) is 1.71. The van der Waals surface area contributed by atoms with Gasteiger partial charge in [-0.1, -0.05) is 0 Å². The molecule has 0 spiro atoms. The Labute approximate surface area is 109 Å². The fraction of sp³-hybridized carbons (Fsp3) is 0.929. The number of hydrogen-bond donors (Lipinski definition) is 1. The number of carbonyl (C=O) groups is 1. The smallest absolute Gasteiger partial charge is 0.225 e. The molecule has 2 aliphatic rings. The van der Waals surface area contributed by atoms with Crippen molar-refractivity contribution in [2.24, 2.45) is 0 Å². The van der Waals surface area contributed by atoms with Crippen LogP contribution in [-0.4, -0.2) is 47.8 Å². The molecule has 0 unspecified atom stereocenters. The van der Waals surface area contributed by atoms with Crippen LogP contribution in [0.15, 0.2) is 0 Å². The van der Waals surface area contributed by atoms with E-state index < -0.39 is 0 Å². The van der Waals surface area contributed by atoms with Crippen LogP contribution in [0.3, 0.4) is 0 Å². The molecule has 0 bridgehead atoms. The van der Waals surface area contributed by atoms with Crippen molar-refractivity contribution in [3.63, 3.8) is 0 Å². The Kier molecular flexibility index (Phi) is 4.62. The van der Waals surface area contributed by atoms with Gasteiger partial charge < -0.3 is 14.7 Å². The maximum Gasteiger partial charge on any atom is 0.225 e. The number of carbonyl (C=O) groups excluding carboxylic acids is 1. The highest BCUT2D eigenvalue weighted by molar-refractivity contribution is 5.78. The predicted molar refractivity (Wildman–Crippen MR) is 69.3 cm³/mol. The summed E-state index contributed by atoms with van der Waals surface area (Å²) in [6.07, 6.45) is 7.85. The Morgan fingerprint density at radius 2 is 2.11 bits per heavy atom. The highest BCUT2D eigenvalue weighted by atomic mass is 16.5. The van der Waals surface area contributed by atoms with E-state index in [1.54, 1.807) is 7.11 Å². The summed E-state index contributed by atoms with van der Waals surface area (Å²) in [7, 11) is 1.72. The van der Waals surface area contributed by atoms with Crippen molar-refractivity contribution in [2.75, 3.05) is 20.3 Å². The van der Waals surface area contributed by atoms with Crippen LogP contribution in [0.1, 0.15) is 51.4 Å². The standard InChI is InChI=1S/C14H25NO3/c1-18-14(7-3-8-14)11-13(17)15(9-4-10-16)12-5-2-6-12/h12,16H,2-11H2,1H3. The first-order valence-electron chi connectivity index (χ1n) is 7.16. The van der Waals surface area contributed by atoms with Gasteiger partial charge in [0.1, 0.15) is 0 Å². The minimum absolute atomic E-state index is 0.159. The summed E-state index contributed by atoms with van der Waals surface area (Å²) in [5, 5.41) is 8.94. The minimum atomic E-state index is -0.182. The third kappa shape index (κ3) is 2.86. The van der Waals surface area contributed by atoms with Gasteiger partial charge >= 0.3 is 0 Å². The number of aliphatic hydroxyl groups excluding tert-OH is 1. The molecule has 1 N–H and O–H groups in total. The molecule has 18 heavy (non-hydrogen) atoms. The first kappa shape index (κ1) is 13.8. The van der Waals surface area contributed by atoms with E-state index >= 15 is 0 Å². The zero-order valence-electron chi connectivity index (χ0n) is 11.4. The largest absolute Gasteiger partial charge is 0.396 e. The highest BCUT2D eigenvalue weighted by Gasteiger charge is 2.41. The van der Waals surface area contributed by atoms with Crippen molar-refractivity contribution in [1.82, 2.24) is 4.90 Å². The van der Waals surface area contributed by atoms with Gasteiger partial charge in [-0.05, 0) is 44.9 Å². The summed E-state index contributed by atoms with van der Waals surface area (Å²) in [4.78, 5) is 14.4. The summed E-state index contributed by atoms with van der Waals surface area (Å²) in [5.41, 5.74) is -0.182. The summed E-state index contributed by atoms with van der Waals surface area (Å²) in [6, 6.07) is 0.415. The summed E-state index contributed by atoms with van der Waals surface area (Å²) in [5.74, 6) is 0.217. The number of ether oxygens (including phenoxy) is 1. The van der Waals surface area contributed by atoms with Crippen LogP contribution in [0.5, 0.6) is 0 Å². The molecule has 2 fully saturated rings. The van der Waals surface area contributed by atoms with Gasteiger partial charge in [0, 0.05) is 26.3 Å². The SMILES string of the molecule is COC1(CC(=O)N(CCCO)C2CCC2)CCC1. The van der Waals surface area contributed by atoms with Crippen LogP contribution in [0.4, 0.5) is 0 Å². The Morgan fingerprint density at radius 3 is 2.50 bits per heavy atom. The normalized spacial score (nSPS) is 22.1. The van der Waals surface area contributed by atoms with Crippen molar-refractivity contribution < 1.29 is 14.6 Å². The van der Waals surface area contributed by atoms with Crippen molar-refractivity contribution in [3.8, 4) is 0 Å².